The molecule has 0 aliphatic carbocycles. The summed E-state index contributed by atoms with van der Waals surface area (Å²) in [6, 6.07) is 0. The number of carboxylic acid groups (broad SMARTS) is 2. The van der Waals surface area contributed by atoms with Crippen LogP contribution in [0.1, 0.15) is 0 Å². The van der Waals surface area contributed by atoms with Crippen molar-refractivity contribution in [1.82, 2.24) is 12.3 Å². The van der Waals surface area contributed by atoms with Gasteiger partial charge < -0.3 is 32.1 Å². The third kappa shape index (κ3) is 18.7. The minimum atomic E-state index is -2.19. The maximum atomic E-state index is 8.93. The maximum Gasteiger partial charge on any atom is 0.0870 e. The molecular formula is C2H8FeN2O4. The van der Waals surface area contributed by atoms with E-state index >= 15 is 0 Å². The van der Waals surface area contributed by atoms with E-state index in [-0.39, 0.29) is 29.4 Å². The number of rotatable bonds is 0. The van der Waals surface area contributed by atoms with Crippen molar-refractivity contribution in [3.63, 3.8) is 0 Å². The van der Waals surface area contributed by atoms with Gasteiger partial charge in [0.1, 0.15) is 0 Å². The van der Waals surface area contributed by atoms with Crippen LogP contribution in [0.4, 0.5) is 0 Å². The Labute approximate surface area is 61.9 Å². The van der Waals surface area contributed by atoms with Crippen LogP contribution in [0.2, 0.25) is 0 Å². The van der Waals surface area contributed by atoms with Gasteiger partial charge >= 0.3 is 0 Å². The van der Waals surface area contributed by atoms with E-state index < -0.39 is 11.9 Å². The molecule has 0 unspecified atom stereocenters. The van der Waals surface area contributed by atoms with Gasteiger partial charge in [0.2, 0.25) is 0 Å². The van der Waals surface area contributed by atoms with Gasteiger partial charge in [-0.3, -0.25) is 0 Å². The Bertz CT molecular complexity index is 82.6. The minimum Gasteiger partial charge on any atom is -0.543 e. The zero-order chi connectivity index (χ0) is 5.15. The second-order valence-electron chi connectivity index (χ2n) is 0.575. The van der Waals surface area contributed by atoms with Crippen LogP contribution in [0.15, 0.2) is 0 Å². The molecular weight excluding hydrogens is 172 g/mol. The van der Waals surface area contributed by atoms with Crippen molar-refractivity contribution in [2.24, 2.45) is 0 Å². The predicted molar refractivity (Wildman–Crippen MR) is 22.0 cm³/mol. The molecule has 0 aromatic carbocycles. The first-order valence-electron chi connectivity index (χ1n) is 1.07. The van der Waals surface area contributed by atoms with Gasteiger partial charge in [0.05, 0.1) is 11.9 Å². The Morgan fingerprint density at radius 1 is 0.889 bits per heavy atom. The number of carbonyl (C=O) groups excluding carboxylic acids is 2. The van der Waals surface area contributed by atoms with E-state index in [4.69, 9.17) is 19.8 Å². The van der Waals surface area contributed by atoms with Crippen molar-refractivity contribution in [3.05, 3.63) is 0 Å². The van der Waals surface area contributed by atoms with Gasteiger partial charge in [-0.15, -0.1) is 0 Å². The number of quaternary nitrogens is 2. The van der Waals surface area contributed by atoms with Crippen LogP contribution in [-0.4, -0.2) is 11.9 Å². The molecule has 0 amide bonds. The average Bonchev–Trinajstić information content (AvgIpc) is 1.36. The Morgan fingerprint density at radius 3 is 1.00 bits per heavy atom. The van der Waals surface area contributed by atoms with Crippen LogP contribution in [-0.2, 0) is 26.7 Å². The van der Waals surface area contributed by atoms with Gasteiger partial charge in [0, 0.05) is 17.1 Å². The predicted octanol–water partition coefficient (Wildman–Crippen LogP) is -2.76. The normalized spacial score (nSPS) is 4.89. The van der Waals surface area contributed by atoms with Gasteiger partial charge in [0.25, 0.3) is 0 Å². The average molecular weight is 180 g/mol. The first-order chi connectivity index (χ1) is 2.64. The van der Waals surface area contributed by atoms with E-state index in [2.05, 4.69) is 0 Å². The molecule has 0 aliphatic heterocycles. The van der Waals surface area contributed by atoms with E-state index in [1.165, 1.54) is 0 Å². The summed E-state index contributed by atoms with van der Waals surface area (Å²) >= 11 is 0. The third-order valence-corrected chi connectivity index (χ3v) is 0.167. The van der Waals surface area contributed by atoms with E-state index in [1.807, 2.05) is 0 Å². The summed E-state index contributed by atoms with van der Waals surface area (Å²) in [6.45, 7) is 0. The van der Waals surface area contributed by atoms with Gasteiger partial charge in [-0.05, 0) is 0 Å². The molecule has 0 heterocycles. The molecule has 0 atom stereocenters. The van der Waals surface area contributed by atoms with Crippen molar-refractivity contribution in [1.29, 1.82) is 0 Å². The Hall–Kier alpha value is -0.621. The number of hydrogen-bond donors (Lipinski definition) is 2. The van der Waals surface area contributed by atoms with Crippen LogP contribution < -0.4 is 22.5 Å². The van der Waals surface area contributed by atoms with Crippen LogP contribution in [0, 0.1) is 0 Å². The standard InChI is InChI=1S/C2H2O4.Fe.2H3N/c3-1(4)2(5)6;;;/h(H,3,4)(H,5,6);;2*1H3. The topological polar surface area (TPSA) is 153 Å². The van der Waals surface area contributed by atoms with Crippen LogP contribution in [0.5, 0.6) is 0 Å². The monoisotopic (exact) mass is 180 g/mol. The molecule has 0 aromatic heterocycles. The van der Waals surface area contributed by atoms with Crippen molar-refractivity contribution in [2.75, 3.05) is 0 Å². The first-order valence-corrected chi connectivity index (χ1v) is 1.07. The minimum absolute atomic E-state index is 0. The van der Waals surface area contributed by atoms with Gasteiger partial charge in [-0.25, -0.2) is 0 Å². The molecule has 0 saturated heterocycles. The van der Waals surface area contributed by atoms with Gasteiger partial charge in [0.15, 0.2) is 0 Å². The quantitative estimate of drug-likeness (QED) is 0.306. The van der Waals surface area contributed by atoms with Crippen LogP contribution in [0.25, 0.3) is 0 Å². The molecule has 0 bridgehead atoms. The summed E-state index contributed by atoms with van der Waals surface area (Å²) < 4.78 is 0. The van der Waals surface area contributed by atoms with Gasteiger partial charge in [-0.2, -0.15) is 0 Å². The first kappa shape index (κ1) is 23.8. The number of aliphatic carboxylic acids is 2. The molecule has 0 radical (unpaired) electrons. The Kier molecular flexibility index (Phi) is 27.4. The van der Waals surface area contributed by atoms with Crippen molar-refractivity contribution < 1.29 is 36.9 Å². The van der Waals surface area contributed by atoms with E-state index in [1.54, 1.807) is 0 Å². The van der Waals surface area contributed by atoms with Gasteiger partial charge in [-0.1, -0.05) is 0 Å². The molecule has 9 heavy (non-hydrogen) atoms. The second kappa shape index (κ2) is 10.4. The molecule has 8 N–H and O–H groups in total. The molecule has 0 rings (SSSR count). The summed E-state index contributed by atoms with van der Waals surface area (Å²) in [6.07, 6.45) is 0. The SMILES string of the molecule is O=C([O-])C(=O)[O-].[Fe].[NH4+].[NH4+]. The number of carbonyl (C=O) groups is 2. The molecule has 0 aliphatic rings. The molecule has 0 saturated carbocycles. The number of carboxylic acids is 2. The van der Waals surface area contributed by atoms with Crippen LogP contribution in [0.3, 0.4) is 0 Å². The van der Waals surface area contributed by atoms with Crippen molar-refractivity contribution in [2.45, 2.75) is 0 Å². The summed E-state index contributed by atoms with van der Waals surface area (Å²) in [5.41, 5.74) is 0. The smallest absolute Gasteiger partial charge is 0.0870 e. The van der Waals surface area contributed by atoms with Crippen molar-refractivity contribution in [3.8, 4) is 0 Å². The van der Waals surface area contributed by atoms with E-state index in [9.17, 15) is 0 Å². The van der Waals surface area contributed by atoms with E-state index in [0.29, 0.717) is 0 Å². The maximum absolute atomic E-state index is 8.93. The molecule has 0 fully saturated rings. The summed E-state index contributed by atoms with van der Waals surface area (Å²) in [7, 11) is 0. The Morgan fingerprint density at radius 2 is 1.00 bits per heavy atom. The molecule has 58 valence electrons. The molecule has 0 spiro atoms. The van der Waals surface area contributed by atoms with E-state index in [0.717, 1.165) is 0 Å². The Balaban J connectivity index is -0.0000000417. The molecule has 7 heteroatoms. The fourth-order valence-corrected chi connectivity index (χ4v) is 0. The second-order valence-corrected chi connectivity index (χ2v) is 0.575. The molecule has 0 aromatic rings. The third-order valence-electron chi connectivity index (χ3n) is 0.167. The number of hydrogen-bond acceptors (Lipinski definition) is 4. The molecule has 6 nitrogen and oxygen atoms in total. The summed E-state index contributed by atoms with van der Waals surface area (Å²) in [5, 5.41) is 17.9. The fourth-order valence-electron chi connectivity index (χ4n) is 0. The zero-order valence-electron chi connectivity index (χ0n) is 4.99. The summed E-state index contributed by atoms with van der Waals surface area (Å²) in [5.74, 6) is -4.37. The van der Waals surface area contributed by atoms with Crippen molar-refractivity contribution >= 4 is 11.9 Å². The largest absolute Gasteiger partial charge is 0.543 e. The van der Waals surface area contributed by atoms with Crippen LogP contribution >= 0.6 is 0 Å². The summed E-state index contributed by atoms with van der Waals surface area (Å²) in [4.78, 5) is 17.9. The fraction of sp³-hybridized carbons (Fsp3) is 0. The zero-order valence-corrected chi connectivity index (χ0v) is 6.09.